The lowest BCUT2D eigenvalue weighted by Crippen LogP contribution is -2.37. The number of carbonyl (C=O) groups is 2. The number of nitrogens with zero attached hydrogens (tertiary/aromatic N) is 2. The van der Waals surface area contributed by atoms with Crippen LogP contribution in [0.25, 0.3) is 0 Å². The zero-order chi connectivity index (χ0) is 13.1. The summed E-state index contributed by atoms with van der Waals surface area (Å²) in [5.41, 5.74) is -0.492. The van der Waals surface area contributed by atoms with Crippen LogP contribution >= 0.6 is 11.3 Å². The van der Waals surface area contributed by atoms with Crippen LogP contribution in [-0.2, 0) is 16.6 Å². The second-order valence-corrected chi connectivity index (χ2v) is 5.61. The Labute approximate surface area is 104 Å². The quantitative estimate of drug-likeness (QED) is 0.844. The molecule has 1 N–H and O–H groups in total. The molecule has 6 heteroatoms. The molecule has 0 aliphatic heterocycles. The van der Waals surface area contributed by atoms with Crippen molar-refractivity contribution >= 4 is 23.2 Å². The normalized spacial score (nSPS) is 12.6. The molecule has 94 valence electrons. The average Bonchev–Trinajstić information content (AvgIpc) is 2.59. The molecule has 0 atom stereocenters. The number of thiazole rings is 1. The number of rotatable bonds is 2. The van der Waals surface area contributed by atoms with Crippen molar-refractivity contribution in [3.63, 3.8) is 0 Å². The van der Waals surface area contributed by atoms with Crippen molar-refractivity contribution in [3.05, 3.63) is 16.4 Å². The summed E-state index contributed by atoms with van der Waals surface area (Å²) in [5, 5.41) is 4.41. The first kappa shape index (κ1) is 13.6. The number of hydrogen-bond acceptors (Lipinski definition) is 3. The third-order valence-electron chi connectivity index (χ3n) is 2.06. The van der Waals surface area contributed by atoms with Crippen molar-refractivity contribution in [3.8, 4) is 0 Å². The van der Waals surface area contributed by atoms with E-state index in [0.29, 0.717) is 4.80 Å². The smallest absolute Gasteiger partial charge is 0.267 e. The summed E-state index contributed by atoms with van der Waals surface area (Å²) in [6, 6.07) is 0. The Morgan fingerprint density at radius 1 is 1.47 bits per heavy atom. The first-order valence-corrected chi connectivity index (χ1v) is 6.14. The van der Waals surface area contributed by atoms with Crippen molar-refractivity contribution in [1.82, 2.24) is 9.88 Å². The molecule has 0 aliphatic carbocycles. The first-order valence-electron chi connectivity index (χ1n) is 5.26. The van der Waals surface area contributed by atoms with Gasteiger partial charge in [0.05, 0.1) is 6.54 Å². The number of hydrogen-bond donors (Lipinski definition) is 1. The van der Waals surface area contributed by atoms with Crippen molar-refractivity contribution < 1.29 is 9.59 Å². The molecular formula is C11H17N3O2S. The van der Waals surface area contributed by atoms with Gasteiger partial charge in [0, 0.05) is 24.0 Å². The third-order valence-corrected chi connectivity index (χ3v) is 2.91. The maximum absolute atomic E-state index is 11.5. The fourth-order valence-electron chi connectivity index (χ4n) is 1.00. The summed E-state index contributed by atoms with van der Waals surface area (Å²) in [4.78, 5) is 27.6. The molecule has 1 aromatic heterocycles. The van der Waals surface area contributed by atoms with E-state index >= 15 is 0 Å². The van der Waals surface area contributed by atoms with Gasteiger partial charge in [-0.2, -0.15) is 4.99 Å². The van der Waals surface area contributed by atoms with Gasteiger partial charge in [-0.25, -0.2) is 0 Å². The molecular weight excluding hydrogens is 238 g/mol. The molecule has 1 heterocycles. The largest absolute Gasteiger partial charge is 0.346 e. The summed E-state index contributed by atoms with van der Waals surface area (Å²) < 4.78 is 1.76. The Morgan fingerprint density at radius 2 is 2.12 bits per heavy atom. The van der Waals surface area contributed by atoms with Gasteiger partial charge in [-0.15, -0.1) is 11.3 Å². The summed E-state index contributed by atoms with van der Waals surface area (Å²) in [7, 11) is 1.82. The monoisotopic (exact) mass is 255 g/mol. The molecule has 5 nitrogen and oxygen atoms in total. The number of carbonyl (C=O) groups excluding carboxylic acids is 2. The molecule has 0 spiro atoms. The molecule has 0 radical (unpaired) electrons. The number of aromatic nitrogens is 1. The maximum atomic E-state index is 11.5. The highest BCUT2D eigenvalue weighted by atomic mass is 32.1. The van der Waals surface area contributed by atoms with Gasteiger partial charge in [0.2, 0.25) is 5.91 Å². The predicted octanol–water partition coefficient (Wildman–Crippen LogP) is 0.676. The zero-order valence-electron chi connectivity index (χ0n) is 10.5. The minimum absolute atomic E-state index is 0.0615. The van der Waals surface area contributed by atoms with Crippen LogP contribution in [-0.4, -0.2) is 22.9 Å². The Kier molecular flexibility index (Phi) is 4.22. The molecule has 0 aromatic carbocycles. The summed E-state index contributed by atoms with van der Waals surface area (Å²) in [6.07, 6.45) is 1.82. The van der Waals surface area contributed by atoms with E-state index in [9.17, 15) is 9.59 Å². The van der Waals surface area contributed by atoms with Gasteiger partial charge in [-0.1, -0.05) is 20.8 Å². The van der Waals surface area contributed by atoms with Crippen molar-refractivity contribution in [2.75, 3.05) is 6.54 Å². The fraction of sp³-hybridized carbons (Fsp3) is 0.545. The van der Waals surface area contributed by atoms with Gasteiger partial charge >= 0.3 is 0 Å². The Morgan fingerprint density at radius 3 is 2.59 bits per heavy atom. The summed E-state index contributed by atoms with van der Waals surface area (Å²) in [6.45, 7) is 5.32. The van der Waals surface area contributed by atoms with Crippen LogP contribution in [0.5, 0.6) is 0 Å². The topological polar surface area (TPSA) is 63.5 Å². The molecule has 2 amide bonds. The number of nitrogens with one attached hydrogen (secondary N) is 1. The van der Waals surface area contributed by atoms with Crippen molar-refractivity contribution in [2.24, 2.45) is 17.5 Å². The molecule has 17 heavy (non-hydrogen) atoms. The third kappa shape index (κ3) is 4.14. The molecule has 0 saturated carbocycles. The molecule has 0 bridgehead atoms. The van der Waals surface area contributed by atoms with Gasteiger partial charge < -0.3 is 9.88 Å². The van der Waals surface area contributed by atoms with Crippen LogP contribution in [0.2, 0.25) is 0 Å². The lowest BCUT2D eigenvalue weighted by molar-refractivity contribution is -0.130. The summed E-state index contributed by atoms with van der Waals surface area (Å²) >= 11 is 1.38. The first-order chi connectivity index (χ1) is 7.80. The van der Waals surface area contributed by atoms with Crippen LogP contribution in [0.15, 0.2) is 16.6 Å². The Hall–Kier alpha value is -1.43. The number of aryl methyl sites for hydroxylation is 1. The van der Waals surface area contributed by atoms with E-state index in [1.54, 1.807) is 25.3 Å². The van der Waals surface area contributed by atoms with Gasteiger partial charge in [0.15, 0.2) is 4.80 Å². The molecule has 1 aromatic rings. The van der Waals surface area contributed by atoms with Crippen LogP contribution < -0.4 is 10.1 Å². The molecule has 0 saturated heterocycles. The van der Waals surface area contributed by atoms with Crippen LogP contribution in [0.3, 0.4) is 0 Å². The highest BCUT2D eigenvalue weighted by Crippen LogP contribution is 2.11. The second kappa shape index (κ2) is 5.27. The van der Waals surface area contributed by atoms with E-state index in [1.165, 1.54) is 11.3 Å². The van der Waals surface area contributed by atoms with Gasteiger partial charge in [-0.05, 0) is 0 Å². The van der Waals surface area contributed by atoms with Gasteiger partial charge in [0.1, 0.15) is 0 Å². The second-order valence-electron chi connectivity index (χ2n) is 4.73. The highest BCUT2D eigenvalue weighted by molar-refractivity contribution is 7.07. The van der Waals surface area contributed by atoms with Crippen molar-refractivity contribution in [1.29, 1.82) is 0 Å². The average molecular weight is 255 g/mol. The van der Waals surface area contributed by atoms with E-state index in [4.69, 9.17) is 0 Å². The lowest BCUT2D eigenvalue weighted by Gasteiger charge is -2.16. The fourth-order valence-corrected chi connectivity index (χ4v) is 1.75. The van der Waals surface area contributed by atoms with Crippen LogP contribution in [0.4, 0.5) is 0 Å². The zero-order valence-corrected chi connectivity index (χ0v) is 11.3. The minimum Gasteiger partial charge on any atom is -0.346 e. The van der Waals surface area contributed by atoms with E-state index in [-0.39, 0.29) is 18.4 Å². The number of amides is 2. The van der Waals surface area contributed by atoms with Crippen molar-refractivity contribution in [2.45, 2.75) is 20.8 Å². The Balaban J connectivity index is 2.59. The van der Waals surface area contributed by atoms with E-state index in [1.807, 2.05) is 18.6 Å². The van der Waals surface area contributed by atoms with E-state index in [2.05, 4.69) is 10.3 Å². The maximum Gasteiger partial charge on any atom is 0.267 e. The lowest BCUT2D eigenvalue weighted by atomic mass is 9.96. The minimum atomic E-state index is -0.492. The standard InChI is InChI=1S/C11H17N3O2S/c1-11(2,3)9(16)12-7-8(15)13-10-14(4)5-6-17-10/h5-6H,7H2,1-4H3,(H,12,16). The molecule has 0 fully saturated rings. The predicted molar refractivity (Wildman–Crippen MR) is 66.3 cm³/mol. The van der Waals surface area contributed by atoms with Gasteiger partial charge in [-0.3, -0.25) is 9.59 Å². The molecule has 0 unspecified atom stereocenters. The van der Waals surface area contributed by atoms with E-state index < -0.39 is 5.41 Å². The van der Waals surface area contributed by atoms with Gasteiger partial charge in [0.25, 0.3) is 5.91 Å². The van der Waals surface area contributed by atoms with Crippen LogP contribution in [0, 0.1) is 5.41 Å². The molecule has 1 rings (SSSR count). The molecule has 0 aliphatic rings. The highest BCUT2D eigenvalue weighted by Gasteiger charge is 2.21. The van der Waals surface area contributed by atoms with E-state index in [0.717, 1.165) is 0 Å². The SMILES string of the molecule is Cn1ccsc1=NC(=O)CNC(=O)C(C)(C)C. The van der Waals surface area contributed by atoms with Crippen LogP contribution in [0.1, 0.15) is 20.8 Å². The Bertz CT molecular complexity index is 479. The summed E-state index contributed by atoms with van der Waals surface area (Å²) in [5.74, 6) is -0.503.